The molecule has 1 aliphatic carbocycles. The van der Waals surface area contributed by atoms with Crippen LogP contribution < -0.4 is 15.4 Å². The minimum absolute atomic E-state index is 0.0500. The van der Waals surface area contributed by atoms with Crippen LogP contribution in [-0.4, -0.2) is 49.7 Å². The van der Waals surface area contributed by atoms with Crippen LogP contribution in [-0.2, 0) is 14.8 Å². The van der Waals surface area contributed by atoms with Gasteiger partial charge in [0.2, 0.25) is 15.9 Å². The van der Waals surface area contributed by atoms with Gasteiger partial charge >= 0.3 is 0 Å². The average Bonchev–Trinajstić information content (AvgIpc) is 2.59. The maximum Gasteiger partial charge on any atom is 0.223 e. The van der Waals surface area contributed by atoms with Crippen molar-refractivity contribution in [3.8, 4) is 6.07 Å². The van der Waals surface area contributed by atoms with E-state index in [2.05, 4.69) is 25.3 Å². The van der Waals surface area contributed by atoms with Crippen molar-refractivity contribution in [3.63, 3.8) is 0 Å². The predicted octanol–water partition coefficient (Wildman–Crippen LogP) is -0.0156. The highest BCUT2D eigenvalue weighted by Gasteiger charge is 2.26. The largest absolute Gasteiger partial charge is 0.365 e. The van der Waals surface area contributed by atoms with Gasteiger partial charge in [0, 0.05) is 37.4 Å². The number of nitrogens with zero attached hydrogens (tertiary/aromatic N) is 3. The Morgan fingerprint density at radius 1 is 1.24 bits per heavy atom. The lowest BCUT2D eigenvalue weighted by Gasteiger charge is -2.28. The third-order valence-electron chi connectivity index (χ3n) is 4.03. The first-order chi connectivity index (χ1) is 11.9. The van der Waals surface area contributed by atoms with Crippen molar-refractivity contribution in [2.45, 2.75) is 31.7 Å². The number of sulfonamides is 1. The van der Waals surface area contributed by atoms with E-state index in [0.29, 0.717) is 5.82 Å². The van der Waals surface area contributed by atoms with Gasteiger partial charge in [-0.25, -0.2) is 23.1 Å². The van der Waals surface area contributed by atoms with E-state index in [4.69, 9.17) is 5.26 Å². The molecule has 1 aromatic rings. The van der Waals surface area contributed by atoms with Gasteiger partial charge in [0.25, 0.3) is 0 Å². The first-order valence-electron chi connectivity index (χ1n) is 8.09. The molecule has 10 heteroatoms. The summed E-state index contributed by atoms with van der Waals surface area (Å²) < 4.78 is 24.2. The Hall–Kier alpha value is -2.25. The topological polar surface area (TPSA) is 137 Å². The summed E-state index contributed by atoms with van der Waals surface area (Å²) in [5, 5.41) is 15.0. The molecule has 0 aromatic carbocycles. The Morgan fingerprint density at radius 2 is 1.92 bits per heavy atom. The highest BCUT2D eigenvalue weighted by molar-refractivity contribution is 7.88. The fourth-order valence-corrected chi connectivity index (χ4v) is 3.26. The first kappa shape index (κ1) is 19.1. The summed E-state index contributed by atoms with van der Waals surface area (Å²) in [5.74, 6) is 0.351. The van der Waals surface area contributed by atoms with Crippen LogP contribution in [0.25, 0.3) is 0 Å². The highest BCUT2D eigenvalue weighted by atomic mass is 32.2. The Kier molecular flexibility index (Phi) is 6.66. The van der Waals surface area contributed by atoms with E-state index < -0.39 is 10.0 Å². The maximum atomic E-state index is 12.1. The van der Waals surface area contributed by atoms with Crippen LogP contribution in [0.5, 0.6) is 0 Å². The van der Waals surface area contributed by atoms with Gasteiger partial charge in [-0.05, 0) is 25.7 Å². The third kappa shape index (κ3) is 6.28. The monoisotopic (exact) mass is 366 g/mol. The van der Waals surface area contributed by atoms with Crippen LogP contribution in [0, 0.1) is 17.2 Å². The van der Waals surface area contributed by atoms with E-state index in [0.717, 1.165) is 31.9 Å². The van der Waals surface area contributed by atoms with Gasteiger partial charge in [0.1, 0.15) is 6.07 Å². The molecule has 0 bridgehead atoms. The predicted molar refractivity (Wildman–Crippen MR) is 92.0 cm³/mol. The fourth-order valence-electron chi connectivity index (χ4n) is 2.79. The second-order valence-electron chi connectivity index (χ2n) is 6.02. The summed E-state index contributed by atoms with van der Waals surface area (Å²) in [5.41, 5.74) is 0.265. The van der Waals surface area contributed by atoms with Crippen molar-refractivity contribution in [2.24, 2.45) is 5.92 Å². The molecule has 1 saturated carbocycles. The SMILES string of the molecule is CS(=O)(=O)NCCNC(=O)C1CCC(Nc2nccnc2C#N)CC1. The molecule has 1 aliphatic rings. The molecular formula is C15H22N6O3S. The molecule has 1 aromatic heterocycles. The Labute approximate surface area is 147 Å². The highest BCUT2D eigenvalue weighted by Crippen LogP contribution is 2.26. The van der Waals surface area contributed by atoms with E-state index in [1.807, 2.05) is 6.07 Å². The van der Waals surface area contributed by atoms with Gasteiger partial charge in [-0.2, -0.15) is 5.26 Å². The Bertz CT molecular complexity index is 738. The summed E-state index contributed by atoms with van der Waals surface area (Å²) in [7, 11) is -3.23. The molecule has 1 amide bonds. The second kappa shape index (κ2) is 8.73. The van der Waals surface area contributed by atoms with Crippen molar-refractivity contribution in [1.82, 2.24) is 20.0 Å². The molecule has 25 heavy (non-hydrogen) atoms. The summed E-state index contributed by atoms with van der Waals surface area (Å²) >= 11 is 0. The zero-order valence-electron chi connectivity index (χ0n) is 14.0. The van der Waals surface area contributed by atoms with Crippen molar-refractivity contribution in [2.75, 3.05) is 24.7 Å². The quantitative estimate of drug-likeness (QED) is 0.577. The number of carbonyl (C=O) groups is 1. The lowest BCUT2D eigenvalue weighted by Crippen LogP contribution is -2.39. The zero-order valence-corrected chi connectivity index (χ0v) is 14.8. The van der Waals surface area contributed by atoms with E-state index in [1.54, 1.807) is 0 Å². The number of carbonyl (C=O) groups excluding carboxylic acids is 1. The minimum Gasteiger partial charge on any atom is -0.365 e. The van der Waals surface area contributed by atoms with E-state index in [1.165, 1.54) is 12.4 Å². The number of hydrogen-bond acceptors (Lipinski definition) is 7. The summed E-state index contributed by atoms with van der Waals surface area (Å²) in [4.78, 5) is 20.2. The molecule has 2 rings (SSSR count). The van der Waals surface area contributed by atoms with Gasteiger partial charge < -0.3 is 10.6 Å². The normalized spacial score (nSPS) is 20.5. The molecule has 0 atom stereocenters. The van der Waals surface area contributed by atoms with Crippen LogP contribution in [0.15, 0.2) is 12.4 Å². The molecular weight excluding hydrogens is 344 g/mol. The van der Waals surface area contributed by atoms with Crippen molar-refractivity contribution < 1.29 is 13.2 Å². The van der Waals surface area contributed by atoms with Gasteiger partial charge in [-0.1, -0.05) is 0 Å². The third-order valence-corrected chi connectivity index (χ3v) is 4.76. The zero-order chi connectivity index (χ0) is 18.3. The van der Waals surface area contributed by atoms with Gasteiger partial charge in [0.15, 0.2) is 11.5 Å². The molecule has 136 valence electrons. The maximum absolute atomic E-state index is 12.1. The van der Waals surface area contributed by atoms with Crippen LogP contribution >= 0.6 is 0 Å². The smallest absolute Gasteiger partial charge is 0.223 e. The van der Waals surface area contributed by atoms with Crippen molar-refractivity contribution in [1.29, 1.82) is 5.26 Å². The van der Waals surface area contributed by atoms with Crippen LogP contribution in [0.3, 0.4) is 0 Å². The number of amides is 1. The molecule has 1 heterocycles. The molecule has 3 N–H and O–H groups in total. The fraction of sp³-hybridized carbons (Fsp3) is 0.600. The van der Waals surface area contributed by atoms with E-state index in [9.17, 15) is 13.2 Å². The van der Waals surface area contributed by atoms with Crippen LogP contribution in [0.2, 0.25) is 0 Å². The Morgan fingerprint density at radius 3 is 2.56 bits per heavy atom. The lowest BCUT2D eigenvalue weighted by atomic mass is 9.85. The molecule has 0 saturated heterocycles. The summed E-state index contributed by atoms with van der Waals surface area (Å²) in [6.45, 7) is 0.459. The standard InChI is InChI=1S/C15H22N6O3S/c1-25(23,24)20-9-8-19-15(22)11-2-4-12(5-3-11)21-14-13(10-16)17-6-7-18-14/h6-7,11-12,20H,2-5,8-9H2,1H3,(H,18,21)(H,19,22). The molecule has 1 fully saturated rings. The average molecular weight is 366 g/mol. The van der Waals surface area contributed by atoms with Crippen molar-refractivity contribution >= 4 is 21.7 Å². The van der Waals surface area contributed by atoms with E-state index in [-0.39, 0.29) is 36.7 Å². The van der Waals surface area contributed by atoms with Crippen LogP contribution in [0.1, 0.15) is 31.4 Å². The number of rotatable bonds is 7. The number of nitrogens with one attached hydrogen (secondary N) is 3. The minimum atomic E-state index is -3.23. The number of hydrogen-bond donors (Lipinski definition) is 3. The number of nitriles is 1. The van der Waals surface area contributed by atoms with E-state index >= 15 is 0 Å². The molecule has 0 radical (unpaired) electrons. The second-order valence-corrected chi connectivity index (χ2v) is 7.85. The molecule has 0 spiro atoms. The summed E-state index contributed by atoms with van der Waals surface area (Å²) in [6.07, 6.45) is 7.13. The Balaban J connectivity index is 1.74. The van der Waals surface area contributed by atoms with Crippen molar-refractivity contribution in [3.05, 3.63) is 18.1 Å². The van der Waals surface area contributed by atoms with Gasteiger partial charge in [-0.15, -0.1) is 0 Å². The summed E-state index contributed by atoms with van der Waals surface area (Å²) in [6, 6.07) is 2.15. The number of aromatic nitrogens is 2. The first-order valence-corrected chi connectivity index (χ1v) is 9.98. The van der Waals surface area contributed by atoms with Crippen LogP contribution in [0.4, 0.5) is 5.82 Å². The number of anilines is 1. The molecule has 0 unspecified atom stereocenters. The van der Waals surface area contributed by atoms with Gasteiger partial charge in [-0.3, -0.25) is 4.79 Å². The lowest BCUT2D eigenvalue weighted by molar-refractivity contribution is -0.125. The molecule has 0 aliphatic heterocycles. The molecule has 9 nitrogen and oxygen atoms in total. The van der Waals surface area contributed by atoms with Gasteiger partial charge in [0.05, 0.1) is 6.26 Å².